The molecule has 2 aliphatic carbocycles. The van der Waals surface area contributed by atoms with E-state index < -0.39 is 17.2 Å². The van der Waals surface area contributed by atoms with Gasteiger partial charge in [-0.15, -0.1) is 12.4 Å². The lowest BCUT2D eigenvalue weighted by Crippen LogP contribution is -2.28. The summed E-state index contributed by atoms with van der Waals surface area (Å²) in [6, 6.07) is 4.20. The summed E-state index contributed by atoms with van der Waals surface area (Å²) in [7, 11) is 0. The lowest BCUT2D eigenvalue weighted by molar-refractivity contribution is 0.0383. The zero-order chi connectivity index (χ0) is 14.5. The molecule has 1 unspecified atom stereocenters. The van der Waals surface area contributed by atoms with Gasteiger partial charge in [0.05, 0.1) is 5.02 Å². The first-order valence-electron chi connectivity index (χ1n) is 6.93. The second kappa shape index (κ2) is 5.64. The molecule has 2 fully saturated rings. The first kappa shape index (κ1) is 16.9. The third kappa shape index (κ3) is 2.90. The van der Waals surface area contributed by atoms with Crippen LogP contribution in [0.2, 0.25) is 5.02 Å². The number of rotatable bonds is 2. The molecule has 1 atom stereocenters. The predicted octanol–water partition coefficient (Wildman–Crippen LogP) is 5.12. The molecule has 2 aliphatic rings. The Kier molecular flexibility index (Phi) is 4.54. The molecule has 1 nitrogen and oxygen atoms in total. The van der Waals surface area contributed by atoms with Crippen molar-refractivity contribution in [3.8, 4) is 0 Å². The fourth-order valence-electron chi connectivity index (χ4n) is 3.47. The van der Waals surface area contributed by atoms with Gasteiger partial charge in [0.25, 0.3) is 5.92 Å². The molecule has 118 valence electrons. The summed E-state index contributed by atoms with van der Waals surface area (Å²) in [4.78, 5) is 0. The largest absolute Gasteiger partial charge is 0.324 e. The van der Waals surface area contributed by atoms with E-state index in [-0.39, 0.29) is 35.8 Å². The maximum atomic E-state index is 13.3. The summed E-state index contributed by atoms with van der Waals surface area (Å²) in [5.41, 5.74) is 6.23. The van der Waals surface area contributed by atoms with Crippen LogP contribution in [0.4, 0.5) is 13.2 Å². The quantitative estimate of drug-likeness (QED) is 0.795. The lowest BCUT2D eigenvalue weighted by Gasteiger charge is -2.32. The van der Waals surface area contributed by atoms with Crippen LogP contribution in [-0.2, 0) is 0 Å². The molecule has 6 heteroatoms. The maximum absolute atomic E-state index is 13.3. The van der Waals surface area contributed by atoms with E-state index in [1.54, 1.807) is 6.07 Å². The topological polar surface area (TPSA) is 26.0 Å². The van der Waals surface area contributed by atoms with Gasteiger partial charge in [0, 0.05) is 17.9 Å². The number of alkyl halides is 2. The van der Waals surface area contributed by atoms with Gasteiger partial charge in [-0.1, -0.05) is 17.7 Å². The molecule has 2 saturated carbocycles. The Balaban J connectivity index is 0.00000161. The minimum absolute atomic E-state index is 0. The van der Waals surface area contributed by atoms with Gasteiger partial charge in [-0.05, 0) is 49.3 Å². The van der Waals surface area contributed by atoms with Crippen molar-refractivity contribution in [2.75, 3.05) is 0 Å². The Bertz CT molecular complexity index is 528. The van der Waals surface area contributed by atoms with E-state index in [9.17, 15) is 13.2 Å². The van der Waals surface area contributed by atoms with Crippen molar-refractivity contribution in [2.45, 2.75) is 44.1 Å². The second-order valence-corrected chi connectivity index (χ2v) is 6.61. The van der Waals surface area contributed by atoms with Crippen LogP contribution in [0.5, 0.6) is 0 Å². The van der Waals surface area contributed by atoms with Gasteiger partial charge in [-0.3, -0.25) is 0 Å². The summed E-state index contributed by atoms with van der Waals surface area (Å²) >= 11 is 5.76. The lowest BCUT2D eigenvalue weighted by atomic mass is 9.75. The van der Waals surface area contributed by atoms with Crippen molar-refractivity contribution in [3.63, 3.8) is 0 Å². The molecule has 0 radical (unpaired) electrons. The van der Waals surface area contributed by atoms with Gasteiger partial charge in [0.1, 0.15) is 5.82 Å². The molecule has 2 N–H and O–H groups in total. The second-order valence-electron chi connectivity index (χ2n) is 6.20. The summed E-state index contributed by atoms with van der Waals surface area (Å²) in [6.07, 6.45) is 2.50. The van der Waals surface area contributed by atoms with Gasteiger partial charge >= 0.3 is 0 Å². The zero-order valence-electron chi connectivity index (χ0n) is 11.4. The zero-order valence-corrected chi connectivity index (χ0v) is 13.0. The van der Waals surface area contributed by atoms with E-state index in [4.69, 9.17) is 17.3 Å². The predicted molar refractivity (Wildman–Crippen MR) is 79.5 cm³/mol. The Morgan fingerprint density at radius 2 is 1.81 bits per heavy atom. The van der Waals surface area contributed by atoms with Crippen molar-refractivity contribution < 1.29 is 13.2 Å². The molecule has 0 aromatic heterocycles. The molecular formula is C15H18Cl2F3N. The minimum atomic E-state index is -2.47. The highest BCUT2D eigenvalue weighted by Crippen LogP contribution is 2.68. The summed E-state index contributed by atoms with van der Waals surface area (Å²) < 4.78 is 39.8. The van der Waals surface area contributed by atoms with Crippen LogP contribution in [0.3, 0.4) is 0 Å². The third-order valence-electron chi connectivity index (χ3n) is 5.04. The highest BCUT2D eigenvalue weighted by atomic mass is 35.5. The van der Waals surface area contributed by atoms with Gasteiger partial charge in [0.15, 0.2) is 0 Å². The average Bonchev–Trinajstić information content (AvgIpc) is 2.93. The van der Waals surface area contributed by atoms with E-state index in [1.807, 2.05) is 0 Å². The van der Waals surface area contributed by atoms with Gasteiger partial charge in [-0.2, -0.15) is 0 Å². The summed E-state index contributed by atoms with van der Waals surface area (Å²) in [6.45, 7) is 0. The third-order valence-corrected chi connectivity index (χ3v) is 5.32. The number of nitrogens with two attached hydrogens (primary N) is 1. The summed E-state index contributed by atoms with van der Waals surface area (Å²) in [5, 5.41) is 0.0546. The Labute approximate surface area is 133 Å². The standard InChI is InChI=1S/C15H17ClF3N.ClH/c16-11-7-10(1-2-12(11)17)13(20)9-3-5-14(6-4-9)8-15(14,18)19;/h1-2,7,9,13H,3-6,8,20H2;1H. The van der Waals surface area contributed by atoms with Gasteiger partial charge in [0.2, 0.25) is 0 Å². The molecule has 0 amide bonds. The van der Waals surface area contributed by atoms with Crippen molar-refractivity contribution in [1.82, 2.24) is 0 Å². The van der Waals surface area contributed by atoms with Gasteiger partial charge in [-0.25, -0.2) is 13.2 Å². The Hall–Kier alpha value is -0.450. The SMILES string of the molecule is Cl.NC(c1ccc(F)c(Cl)c1)C1CCC2(CC1)CC2(F)F. The first-order chi connectivity index (χ1) is 9.35. The van der Waals surface area contributed by atoms with E-state index >= 15 is 0 Å². The van der Waals surface area contributed by atoms with Crippen molar-refractivity contribution in [2.24, 2.45) is 17.1 Å². The molecule has 21 heavy (non-hydrogen) atoms. The van der Waals surface area contributed by atoms with E-state index in [0.717, 1.165) is 5.56 Å². The smallest absolute Gasteiger partial charge is 0.254 e. The van der Waals surface area contributed by atoms with Crippen LogP contribution in [0.25, 0.3) is 0 Å². The molecule has 0 saturated heterocycles. The van der Waals surface area contributed by atoms with Crippen LogP contribution < -0.4 is 5.73 Å². The minimum Gasteiger partial charge on any atom is -0.324 e. The molecule has 1 aromatic carbocycles. The molecule has 1 spiro atoms. The maximum Gasteiger partial charge on any atom is 0.254 e. The fourth-order valence-corrected chi connectivity index (χ4v) is 3.66. The Morgan fingerprint density at radius 1 is 1.24 bits per heavy atom. The monoisotopic (exact) mass is 339 g/mol. The van der Waals surface area contributed by atoms with Crippen molar-refractivity contribution >= 4 is 24.0 Å². The van der Waals surface area contributed by atoms with Crippen molar-refractivity contribution in [1.29, 1.82) is 0 Å². The van der Waals surface area contributed by atoms with E-state index in [1.165, 1.54) is 12.1 Å². The van der Waals surface area contributed by atoms with E-state index in [2.05, 4.69) is 0 Å². The molecule has 1 aromatic rings. The van der Waals surface area contributed by atoms with E-state index in [0.29, 0.717) is 25.7 Å². The highest BCUT2D eigenvalue weighted by Gasteiger charge is 2.70. The number of halogens is 5. The fraction of sp³-hybridized carbons (Fsp3) is 0.600. The number of benzene rings is 1. The van der Waals surface area contributed by atoms with Crippen molar-refractivity contribution in [3.05, 3.63) is 34.6 Å². The van der Waals surface area contributed by atoms with Crippen LogP contribution in [0.1, 0.15) is 43.7 Å². The number of hydrogen-bond donors (Lipinski definition) is 1. The van der Waals surface area contributed by atoms with Crippen LogP contribution >= 0.6 is 24.0 Å². The van der Waals surface area contributed by atoms with Gasteiger partial charge < -0.3 is 5.73 Å². The first-order valence-corrected chi connectivity index (χ1v) is 7.31. The van der Waals surface area contributed by atoms with Crippen LogP contribution in [0.15, 0.2) is 18.2 Å². The van der Waals surface area contributed by atoms with Crippen LogP contribution in [-0.4, -0.2) is 5.92 Å². The van der Waals surface area contributed by atoms with Crippen LogP contribution in [0, 0.1) is 17.2 Å². The molecular weight excluding hydrogens is 322 g/mol. The normalized spacial score (nSPS) is 31.6. The highest BCUT2D eigenvalue weighted by molar-refractivity contribution is 6.30. The number of hydrogen-bond acceptors (Lipinski definition) is 1. The summed E-state index contributed by atoms with van der Waals surface area (Å²) in [5.74, 6) is -2.78. The molecule has 0 aliphatic heterocycles. The Morgan fingerprint density at radius 3 is 2.29 bits per heavy atom. The molecule has 0 heterocycles. The molecule has 0 bridgehead atoms. The molecule has 3 rings (SSSR count). The average molecular weight is 340 g/mol.